The summed E-state index contributed by atoms with van der Waals surface area (Å²) in [6.07, 6.45) is 0. The minimum absolute atomic E-state index is 0.310. The third-order valence-corrected chi connectivity index (χ3v) is 1.10. The van der Waals surface area contributed by atoms with Crippen LogP contribution in [0.2, 0.25) is 0 Å². The van der Waals surface area contributed by atoms with Crippen LogP contribution in [-0.4, -0.2) is 5.97 Å². The van der Waals surface area contributed by atoms with E-state index in [1.807, 2.05) is 0 Å². The number of hydrogen-bond acceptors (Lipinski definition) is 3. The number of hydrogen-bond donors (Lipinski definition) is 0. The fourth-order valence-corrected chi connectivity index (χ4v) is 0.589. The van der Waals surface area contributed by atoms with E-state index < -0.39 is 29.1 Å². The zero-order valence-corrected chi connectivity index (χ0v) is 7.50. The molecule has 0 aromatic heterocycles. The van der Waals surface area contributed by atoms with Crippen LogP contribution in [0.1, 0.15) is 6.92 Å². The molecule has 0 amide bonds. The number of carbonyl (C=O) groups excluding carboxylic acids is 1. The van der Waals surface area contributed by atoms with E-state index in [2.05, 4.69) is 4.98 Å². The Morgan fingerprint density at radius 3 is 2.07 bits per heavy atom. The van der Waals surface area contributed by atoms with Crippen molar-refractivity contribution in [2.45, 2.75) is 6.92 Å². The number of carbonyl (C=O) groups is 1. The van der Waals surface area contributed by atoms with Crippen molar-refractivity contribution in [3.8, 4) is 0 Å². The molecular formula is C8H5F3N2O2. The third-order valence-electron chi connectivity index (χ3n) is 1.10. The molecule has 0 N–H and O–H groups in total. The van der Waals surface area contributed by atoms with Gasteiger partial charge < -0.3 is 9.90 Å². The maximum absolute atomic E-state index is 12.4. The summed E-state index contributed by atoms with van der Waals surface area (Å²) in [5.41, 5.74) is -0.621. The second-order valence-electron chi connectivity index (χ2n) is 2.31. The van der Waals surface area contributed by atoms with Crippen LogP contribution in [0, 0.1) is 22.8 Å². The molecule has 0 heterocycles. The molecule has 0 saturated carbocycles. The molecule has 0 spiro atoms. The van der Waals surface area contributed by atoms with Gasteiger partial charge in [-0.2, -0.15) is 4.39 Å². The smallest absolute Gasteiger partial charge is 0.423 e. The quantitative estimate of drug-likeness (QED) is 0.487. The van der Waals surface area contributed by atoms with Crippen LogP contribution in [0.3, 0.4) is 0 Å². The van der Waals surface area contributed by atoms with E-state index in [0.29, 0.717) is 12.1 Å². The first-order valence-electron chi connectivity index (χ1n) is 3.55. The first kappa shape index (κ1) is 12.9. The molecule has 0 fully saturated rings. The number of rotatable bonds is 0. The minimum Gasteiger partial charge on any atom is -0.550 e. The van der Waals surface area contributed by atoms with E-state index in [9.17, 15) is 13.2 Å². The van der Waals surface area contributed by atoms with Gasteiger partial charge in [0.15, 0.2) is 16.6 Å². The van der Waals surface area contributed by atoms with Crippen LogP contribution in [-0.2, 0) is 4.79 Å². The highest BCUT2D eigenvalue weighted by atomic mass is 19.2. The lowest BCUT2D eigenvalue weighted by molar-refractivity contribution is -0.302. The molecule has 7 heteroatoms. The van der Waals surface area contributed by atoms with Gasteiger partial charge in [-0.15, -0.1) is 0 Å². The Kier molecular flexibility index (Phi) is 4.81. The van der Waals surface area contributed by atoms with Crippen molar-refractivity contribution >= 4 is 11.7 Å². The topological polar surface area (TPSA) is 68.3 Å². The molecule has 0 atom stereocenters. The summed E-state index contributed by atoms with van der Waals surface area (Å²) in [6.45, 7) is 0.972. The van der Waals surface area contributed by atoms with E-state index in [-0.39, 0.29) is 0 Å². The van der Waals surface area contributed by atoms with Crippen molar-refractivity contribution in [3.05, 3.63) is 34.6 Å². The molecule has 0 aliphatic heterocycles. The van der Waals surface area contributed by atoms with Gasteiger partial charge >= 0.3 is 5.69 Å². The molecule has 1 rings (SSSR count). The maximum Gasteiger partial charge on any atom is 0.423 e. The molecule has 0 bridgehead atoms. The number of carboxylic acids is 1. The van der Waals surface area contributed by atoms with E-state index >= 15 is 0 Å². The van der Waals surface area contributed by atoms with E-state index in [1.165, 1.54) is 0 Å². The number of nitrogens with zero attached hydrogens (tertiary/aromatic N) is 2. The van der Waals surface area contributed by atoms with Gasteiger partial charge in [0, 0.05) is 12.0 Å². The van der Waals surface area contributed by atoms with Gasteiger partial charge in [-0.25, -0.2) is 8.78 Å². The average molecular weight is 218 g/mol. The second-order valence-corrected chi connectivity index (χ2v) is 2.31. The summed E-state index contributed by atoms with van der Waals surface area (Å²) in [7, 11) is 0. The fourth-order valence-electron chi connectivity index (χ4n) is 0.589. The molecule has 0 unspecified atom stereocenters. The van der Waals surface area contributed by atoms with Gasteiger partial charge in [0.1, 0.15) is 0 Å². The van der Waals surface area contributed by atoms with Crippen LogP contribution in [0.5, 0.6) is 0 Å². The van der Waals surface area contributed by atoms with Crippen LogP contribution in [0.25, 0.3) is 4.98 Å². The van der Waals surface area contributed by atoms with Crippen LogP contribution < -0.4 is 5.11 Å². The highest BCUT2D eigenvalue weighted by Crippen LogP contribution is 2.20. The lowest BCUT2D eigenvalue weighted by Crippen LogP contribution is -2.16. The predicted molar refractivity (Wildman–Crippen MR) is 41.7 cm³/mol. The van der Waals surface area contributed by atoms with Gasteiger partial charge in [0.25, 0.3) is 0 Å². The molecular weight excluding hydrogens is 213 g/mol. The summed E-state index contributed by atoms with van der Waals surface area (Å²) in [6, 6.07) is 0.773. The van der Waals surface area contributed by atoms with Crippen molar-refractivity contribution in [1.82, 2.24) is 0 Å². The van der Waals surface area contributed by atoms with Crippen LogP contribution >= 0.6 is 0 Å². The first-order chi connectivity index (χ1) is 6.88. The number of diazo groups is 1. The summed E-state index contributed by atoms with van der Waals surface area (Å²) in [5, 5.41) is 16.9. The Hall–Kier alpha value is -2.10. The SMILES string of the molecule is CC(=O)[O-].N#[N+]c1cc(F)c(F)cc1F. The molecule has 0 aliphatic carbocycles. The Morgan fingerprint density at radius 1 is 1.27 bits per heavy atom. The summed E-state index contributed by atoms with van der Waals surface area (Å²) in [5.74, 6) is -4.75. The standard InChI is InChI=1S/C6H2F3N2.C2H4O2/c7-3-1-5(9)6(11-10)2-4(3)8;1-2(3)4/h1-2H;1H3,(H,3,4)/q+1;/p-1. The number of halogens is 3. The second kappa shape index (κ2) is 5.59. The molecule has 0 aliphatic rings. The van der Waals surface area contributed by atoms with Crippen LogP contribution in [0.4, 0.5) is 18.9 Å². The minimum atomic E-state index is -1.31. The van der Waals surface area contributed by atoms with E-state index in [0.717, 1.165) is 6.92 Å². The highest BCUT2D eigenvalue weighted by molar-refractivity contribution is 5.60. The van der Waals surface area contributed by atoms with Gasteiger partial charge in [-0.05, 0) is 6.92 Å². The summed E-state index contributed by atoms with van der Waals surface area (Å²) >= 11 is 0. The summed E-state index contributed by atoms with van der Waals surface area (Å²) < 4.78 is 36.8. The third kappa shape index (κ3) is 4.61. The molecule has 80 valence electrons. The van der Waals surface area contributed by atoms with Crippen molar-refractivity contribution in [2.24, 2.45) is 0 Å². The first-order valence-corrected chi connectivity index (χ1v) is 3.55. The molecule has 0 saturated heterocycles. The molecule has 15 heavy (non-hydrogen) atoms. The highest BCUT2D eigenvalue weighted by Gasteiger charge is 2.18. The van der Waals surface area contributed by atoms with Gasteiger partial charge in [0.05, 0.1) is 6.07 Å². The molecule has 1 aromatic carbocycles. The average Bonchev–Trinajstić information content (AvgIpc) is 2.10. The van der Waals surface area contributed by atoms with Crippen molar-refractivity contribution in [3.63, 3.8) is 0 Å². The Labute approximate surface area is 82.6 Å². The molecule has 4 nitrogen and oxygen atoms in total. The van der Waals surface area contributed by atoms with Crippen molar-refractivity contribution in [1.29, 1.82) is 5.39 Å². The fraction of sp³-hybridized carbons (Fsp3) is 0.125. The Balaban J connectivity index is 0.000000423. The lowest BCUT2D eigenvalue weighted by atomic mass is 10.3. The van der Waals surface area contributed by atoms with Gasteiger partial charge in [-0.1, -0.05) is 0 Å². The zero-order valence-electron chi connectivity index (χ0n) is 7.50. The molecule has 0 radical (unpaired) electrons. The maximum atomic E-state index is 12.4. The van der Waals surface area contributed by atoms with Crippen molar-refractivity contribution < 1.29 is 23.1 Å². The van der Waals surface area contributed by atoms with Crippen molar-refractivity contribution in [2.75, 3.05) is 0 Å². The van der Waals surface area contributed by atoms with E-state index in [1.54, 1.807) is 0 Å². The van der Waals surface area contributed by atoms with E-state index in [4.69, 9.17) is 15.3 Å². The largest absolute Gasteiger partial charge is 0.550 e. The summed E-state index contributed by atoms with van der Waals surface area (Å²) in [4.78, 5) is 11.3. The predicted octanol–water partition coefficient (Wildman–Crippen LogP) is 1.34. The molecule has 1 aromatic rings. The van der Waals surface area contributed by atoms with Gasteiger partial charge in [-0.3, -0.25) is 0 Å². The lowest BCUT2D eigenvalue weighted by Gasteiger charge is -1.87. The van der Waals surface area contributed by atoms with Gasteiger partial charge in [0.2, 0.25) is 11.2 Å². The normalized spacial score (nSPS) is 8.47. The number of carboxylic acid groups (broad SMARTS) is 1. The Morgan fingerprint density at radius 2 is 1.67 bits per heavy atom. The van der Waals surface area contributed by atoms with Crippen LogP contribution in [0.15, 0.2) is 12.1 Å². The number of aliphatic carboxylic acids is 1. The zero-order chi connectivity index (χ0) is 12.0. The monoisotopic (exact) mass is 218 g/mol. The number of benzene rings is 1. The Bertz CT molecular complexity index is 411.